The van der Waals surface area contributed by atoms with Crippen molar-refractivity contribution in [3.63, 3.8) is 0 Å². The number of nitrogens with zero attached hydrogens (tertiary/aromatic N) is 5. The van der Waals surface area contributed by atoms with Gasteiger partial charge < -0.3 is 15.0 Å². The number of carbonyl (C=O) groups excluding carboxylic acids is 1. The molecule has 4 rings (SSSR count). The molecule has 2 aromatic heterocycles. The van der Waals surface area contributed by atoms with E-state index in [1.165, 1.54) is 11.3 Å². The van der Waals surface area contributed by atoms with Crippen LogP contribution >= 0.6 is 22.9 Å². The fraction of sp³-hybridized carbons (Fsp3) is 0.278. The van der Waals surface area contributed by atoms with Crippen molar-refractivity contribution in [2.75, 3.05) is 23.3 Å². The van der Waals surface area contributed by atoms with Crippen LogP contribution in [-0.4, -0.2) is 45.5 Å². The Balaban J connectivity index is 1.29. The fourth-order valence-electron chi connectivity index (χ4n) is 2.94. The van der Waals surface area contributed by atoms with Gasteiger partial charge in [0.2, 0.25) is 11.0 Å². The van der Waals surface area contributed by atoms with Crippen LogP contribution in [0.3, 0.4) is 0 Å². The molecule has 1 unspecified atom stereocenters. The van der Waals surface area contributed by atoms with Crippen molar-refractivity contribution in [2.45, 2.75) is 18.9 Å². The van der Waals surface area contributed by atoms with Crippen molar-refractivity contribution in [3.8, 4) is 5.19 Å². The SMILES string of the molecule is O=C(Cc1cccc(Cl)c1)Nc1nnc(OC2CCN(c3cccnn3)C2)s1. The molecule has 0 spiro atoms. The molecular formula is C18H17ClN6O2S. The zero-order valence-corrected chi connectivity index (χ0v) is 16.4. The van der Waals surface area contributed by atoms with Crippen LogP contribution in [0.25, 0.3) is 0 Å². The molecule has 0 aliphatic carbocycles. The van der Waals surface area contributed by atoms with Crippen molar-refractivity contribution in [1.29, 1.82) is 0 Å². The summed E-state index contributed by atoms with van der Waals surface area (Å²) in [5.74, 6) is 0.652. The average Bonchev–Trinajstić information content (AvgIpc) is 3.32. The van der Waals surface area contributed by atoms with Crippen LogP contribution in [0.4, 0.5) is 10.9 Å². The maximum Gasteiger partial charge on any atom is 0.296 e. The summed E-state index contributed by atoms with van der Waals surface area (Å²) in [6.45, 7) is 1.54. The molecule has 1 N–H and O–H groups in total. The molecule has 0 saturated carbocycles. The minimum absolute atomic E-state index is 0.00929. The summed E-state index contributed by atoms with van der Waals surface area (Å²) in [4.78, 5) is 14.3. The van der Waals surface area contributed by atoms with E-state index in [1.54, 1.807) is 18.3 Å². The summed E-state index contributed by atoms with van der Waals surface area (Å²) in [5, 5.41) is 20.2. The summed E-state index contributed by atoms with van der Waals surface area (Å²) >= 11 is 7.15. The van der Waals surface area contributed by atoms with Crippen molar-refractivity contribution >= 4 is 39.8 Å². The lowest BCUT2D eigenvalue weighted by molar-refractivity contribution is -0.115. The largest absolute Gasteiger partial charge is 0.464 e. The van der Waals surface area contributed by atoms with Gasteiger partial charge in [-0.05, 0) is 41.2 Å². The number of rotatable bonds is 6. The molecule has 1 atom stereocenters. The highest BCUT2D eigenvalue weighted by Crippen LogP contribution is 2.26. The molecule has 0 bridgehead atoms. The monoisotopic (exact) mass is 416 g/mol. The third kappa shape index (κ3) is 4.73. The van der Waals surface area contributed by atoms with Crippen LogP contribution in [0.2, 0.25) is 5.02 Å². The highest BCUT2D eigenvalue weighted by atomic mass is 35.5. The zero-order chi connectivity index (χ0) is 19.3. The van der Waals surface area contributed by atoms with Crippen molar-refractivity contribution < 1.29 is 9.53 Å². The van der Waals surface area contributed by atoms with E-state index in [2.05, 4.69) is 30.6 Å². The van der Waals surface area contributed by atoms with Crippen LogP contribution in [0.15, 0.2) is 42.6 Å². The Morgan fingerprint density at radius 3 is 3.04 bits per heavy atom. The summed E-state index contributed by atoms with van der Waals surface area (Å²) in [5.41, 5.74) is 0.834. The van der Waals surface area contributed by atoms with Gasteiger partial charge in [-0.2, -0.15) is 5.10 Å². The van der Waals surface area contributed by atoms with Crippen molar-refractivity contribution in [3.05, 3.63) is 53.2 Å². The lowest BCUT2D eigenvalue weighted by atomic mass is 10.1. The number of amides is 1. The summed E-state index contributed by atoms with van der Waals surface area (Å²) in [6.07, 6.45) is 2.71. The Hall–Kier alpha value is -2.78. The number of hydrogen-bond acceptors (Lipinski definition) is 8. The first-order chi connectivity index (χ1) is 13.7. The Kier molecular flexibility index (Phi) is 5.63. The number of ether oxygens (including phenoxy) is 1. The first kappa shape index (κ1) is 18.6. The molecule has 3 heterocycles. The lowest BCUT2D eigenvalue weighted by Gasteiger charge is -2.16. The highest BCUT2D eigenvalue weighted by molar-refractivity contribution is 7.17. The van der Waals surface area contributed by atoms with Gasteiger partial charge in [-0.3, -0.25) is 4.79 Å². The van der Waals surface area contributed by atoms with Gasteiger partial charge in [0, 0.05) is 24.2 Å². The highest BCUT2D eigenvalue weighted by Gasteiger charge is 2.26. The number of hydrogen-bond donors (Lipinski definition) is 1. The summed E-state index contributed by atoms with van der Waals surface area (Å²) in [6, 6.07) is 11.0. The Morgan fingerprint density at radius 1 is 1.29 bits per heavy atom. The number of halogens is 1. The molecule has 1 aromatic carbocycles. The van der Waals surface area contributed by atoms with Gasteiger partial charge in [0.1, 0.15) is 6.10 Å². The molecule has 10 heteroatoms. The maximum atomic E-state index is 12.2. The van der Waals surface area contributed by atoms with Crippen LogP contribution in [0.1, 0.15) is 12.0 Å². The van der Waals surface area contributed by atoms with E-state index in [0.717, 1.165) is 24.3 Å². The van der Waals surface area contributed by atoms with Crippen LogP contribution in [0, 0.1) is 0 Å². The zero-order valence-electron chi connectivity index (χ0n) is 14.8. The summed E-state index contributed by atoms with van der Waals surface area (Å²) < 4.78 is 5.91. The second-order valence-corrected chi connectivity index (χ2v) is 7.66. The first-order valence-corrected chi connectivity index (χ1v) is 9.92. The predicted octanol–water partition coefficient (Wildman–Crippen LogP) is 2.82. The topological polar surface area (TPSA) is 93.1 Å². The second kappa shape index (κ2) is 8.49. The third-order valence-corrected chi connectivity index (χ3v) is 5.17. The van der Waals surface area contributed by atoms with E-state index < -0.39 is 0 Å². The predicted molar refractivity (Wildman–Crippen MR) is 107 cm³/mol. The normalized spacial score (nSPS) is 16.2. The second-order valence-electron chi connectivity index (χ2n) is 6.28. The molecule has 1 amide bonds. The molecule has 3 aromatic rings. The van der Waals surface area contributed by atoms with E-state index in [1.807, 2.05) is 24.3 Å². The van der Waals surface area contributed by atoms with Gasteiger partial charge in [-0.15, -0.1) is 10.2 Å². The first-order valence-electron chi connectivity index (χ1n) is 8.73. The molecule has 8 nitrogen and oxygen atoms in total. The fourth-order valence-corrected chi connectivity index (χ4v) is 3.83. The number of aromatic nitrogens is 4. The van der Waals surface area contributed by atoms with Gasteiger partial charge in [0.15, 0.2) is 5.82 Å². The maximum absolute atomic E-state index is 12.2. The number of nitrogens with one attached hydrogen (secondary N) is 1. The van der Waals surface area contributed by atoms with E-state index >= 15 is 0 Å². The molecular weight excluding hydrogens is 400 g/mol. The van der Waals surface area contributed by atoms with Crippen LogP contribution in [-0.2, 0) is 11.2 Å². The average molecular weight is 417 g/mol. The van der Waals surface area contributed by atoms with E-state index in [9.17, 15) is 4.79 Å². The van der Waals surface area contributed by atoms with Crippen LogP contribution in [0.5, 0.6) is 5.19 Å². The number of anilines is 2. The minimum atomic E-state index is -0.181. The quantitative estimate of drug-likeness (QED) is 0.660. The molecule has 144 valence electrons. The van der Waals surface area contributed by atoms with Crippen molar-refractivity contribution in [1.82, 2.24) is 20.4 Å². The Labute approximate surface area is 170 Å². The molecule has 1 fully saturated rings. The van der Waals surface area contributed by atoms with Gasteiger partial charge in [0.25, 0.3) is 5.19 Å². The minimum Gasteiger partial charge on any atom is -0.464 e. The van der Waals surface area contributed by atoms with Crippen molar-refractivity contribution in [2.24, 2.45) is 0 Å². The summed E-state index contributed by atoms with van der Waals surface area (Å²) in [7, 11) is 0. The molecule has 1 saturated heterocycles. The van der Waals surface area contributed by atoms with Gasteiger partial charge in [0.05, 0.1) is 13.0 Å². The molecule has 0 radical (unpaired) electrons. The van der Waals surface area contributed by atoms with E-state index in [-0.39, 0.29) is 18.4 Å². The Bertz CT molecular complexity index is 954. The van der Waals surface area contributed by atoms with Crippen LogP contribution < -0.4 is 15.0 Å². The lowest BCUT2D eigenvalue weighted by Crippen LogP contribution is -2.25. The molecule has 28 heavy (non-hydrogen) atoms. The third-order valence-electron chi connectivity index (χ3n) is 4.20. The number of carbonyl (C=O) groups is 1. The standard InChI is InChI=1S/C18H17ClN6O2S/c19-13-4-1-3-12(9-13)10-16(26)21-17-23-24-18(28-17)27-14-6-8-25(11-14)15-5-2-7-20-22-15/h1-5,7,9,14H,6,8,10-11H2,(H,21,23,26). The molecule has 1 aliphatic heterocycles. The smallest absolute Gasteiger partial charge is 0.296 e. The van der Waals surface area contributed by atoms with Gasteiger partial charge in [-0.25, -0.2) is 0 Å². The molecule has 1 aliphatic rings. The Morgan fingerprint density at radius 2 is 2.21 bits per heavy atom. The van der Waals surface area contributed by atoms with E-state index in [4.69, 9.17) is 16.3 Å². The van der Waals surface area contributed by atoms with Gasteiger partial charge >= 0.3 is 0 Å². The van der Waals surface area contributed by atoms with E-state index in [0.29, 0.717) is 21.9 Å². The van der Waals surface area contributed by atoms with Gasteiger partial charge in [-0.1, -0.05) is 28.8 Å². The number of benzene rings is 1.